The Hall–Kier alpha value is -1.48. The van der Waals surface area contributed by atoms with Gasteiger partial charge in [0.25, 0.3) is 0 Å². The van der Waals surface area contributed by atoms with E-state index in [1.807, 2.05) is 18.2 Å². The summed E-state index contributed by atoms with van der Waals surface area (Å²) in [5, 5.41) is 9.98. The molecule has 0 unspecified atom stereocenters. The number of carboxylic acid groups (broad SMARTS) is 1. The average Bonchev–Trinajstić information content (AvgIpc) is 2.50. The number of hydrogen-bond acceptors (Lipinski definition) is 1. The summed E-state index contributed by atoms with van der Waals surface area (Å²) in [6.45, 7) is 6.26. The van der Waals surface area contributed by atoms with Crippen LogP contribution in [0, 0.1) is 0 Å². The van der Waals surface area contributed by atoms with Crippen molar-refractivity contribution in [2.24, 2.45) is 0 Å². The Kier molecular flexibility index (Phi) is 2.66. The molecule has 90 valence electrons. The van der Waals surface area contributed by atoms with Gasteiger partial charge in [-0.1, -0.05) is 38.4 Å². The first-order valence-corrected chi connectivity index (χ1v) is 5.73. The van der Waals surface area contributed by atoms with Gasteiger partial charge in [-0.05, 0) is 23.1 Å². The van der Waals surface area contributed by atoms with E-state index in [1.54, 1.807) is 0 Å². The molecule has 0 aliphatic heterocycles. The summed E-state index contributed by atoms with van der Waals surface area (Å²) in [4.78, 5) is 14.0. The predicted molar refractivity (Wildman–Crippen MR) is 69.0 cm³/mol. The van der Waals surface area contributed by atoms with Crippen molar-refractivity contribution >= 4 is 28.5 Å². The number of carbonyl (C=O) groups is 1. The molecule has 1 aromatic carbocycles. The van der Waals surface area contributed by atoms with Gasteiger partial charge in [-0.2, -0.15) is 0 Å². The summed E-state index contributed by atoms with van der Waals surface area (Å²) in [6, 6.07) is 5.75. The molecular weight excluding hydrogens is 238 g/mol. The summed E-state index contributed by atoms with van der Waals surface area (Å²) >= 11 is 5.89. The maximum Gasteiger partial charge on any atom is 0.339 e. The minimum absolute atomic E-state index is 0.0201. The molecule has 0 radical (unpaired) electrons. The topological polar surface area (TPSA) is 53.1 Å². The Labute approximate surface area is 104 Å². The first-order chi connectivity index (χ1) is 7.80. The molecule has 0 aliphatic rings. The van der Waals surface area contributed by atoms with Gasteiger partial charge in [-0.25, -0.2) is 4.79 Å². The van der Waals surface area contributed by atoms with Gasteiger partial charge in [-0.15, -0.1) is 0 Å². The van der Waals surface area contributed by atoms with E-state index in [9.17, 15) is 4.79 Å². The van der Waals surface area contributed by atoms with E-state index in [1.165, 1.54) is 0 Å². The molecule has 2 aromatic rings. The van der Waals surface area contributed by atoms with E-state index < -0.39 is 5.97 Å². The van der Waals surface area contributed by atoms with Crippen molar-refractivity contribution in [1.82, 2.24) is 4.98 Å². The van der Waals surface area contributed by atoms with Crippen LogP contribution >= 0.6 is 11.6 Å². The van der Waals surface area contributed by atoms with Gasteiger partial charge in [0.1, 0.15) is 10.7 Å². The van der Waals surface area contributed by atoms with Gasteiger partial charge in [0.2, 0.25) is 0 Å². The lowest BCUT2D eigenvalue weighted by Gasteiger charge is -2.18. The fourth-order valence-electron chi connectivity index (χ4n) is 1.83. The Bertz CT molecular complexity index is 593. The molecule has 0 bridgehead atoms. The van der Waals surface area contributed by atoms with E-state index in [-0.39, 0.29) is 16.1 Å². The summed E-state index contributed by atoms with van der Waals surface area (Å²) in [6.07, 6.45) is 0. The maximum atomic E-state index is 11.2. The Morgan fingerprint density at radius 2 is 2.00 bits per heavy atom. The van der Waals surface area contributed by atoms with Crippen LogP contribution in [0.3, 0.4) is 0 Å². The second-order valence-electron chi connectivity index (χ2n) is 5.13. The summed E-state index contributed by atoms with van der Waals surface area (Å²) in [5.41, 5.74) is 1.96. The third-order valence-corrected chi connectivity index (χ3v) is 3.12. The van der Waals surface area contributed by atoms with Crippen LogP contribution in [0.2, 0.25) is 5.15 Å². The van der Waals surface area contributed by atoms with Crippen molar-refractivity contribution in [2.75, 3.05) is 0 Å². The number of aromatic nitrogens is 1. The average molecular weight is 252 g/mol. The van der Waals surface area contributed by atoms with Crippen LogP contribution in [0.1, 0.15) is 36.7 Å². The van der Waals surface area contributed by atoms with E-state index in [2.05, 4.69) is 25.8 Å². The molecule has 2 N–H and O–H groups in total. The Morgan fingerprint density at radius 1 is 1.35 bits per heavy atom. The highest BCUT2D eigenvalue weighted by molar-refractivity contribution is 6.34. The number of fused-ring (bicyclic) bond motifs is 1. The lowest BCUT2D eigenvalue weighted by atomic mass is 9.86. The Balaban J connectivity index is 2.75. The molecule has 0 saturated heterocycles. The number of aromatic carboxylic acids is 1. The SMILES string of the molecule is CC(C)(C)c1ccc2[nH]c(Cl)c(C(=O)O)c2c1. The fraction of sp³-hybridized carbons (Fsp3) is 0.308. The monoisotopic (exact) mass is 251 g/mol. The number of benzene rings is 1. The maximum absolute atomic E-state index is 11.2. The largest absolute Gasteiger partial charge is 0.478 e. The lowest BCUT2D eigenvalue weighted by Crippen LogP contribution is -2.10. The molecule has 0 aliphatic carbocycles. The molecule has 17 heavy (non-hydrogen) atoms. The number of hydrogen-bond donors (Lipinski definition) is 2. The quantitative estimate of drug-likeness (QED) is 0.810. The first-order valence-electron chi connectivity index (χ1n) is 5.35. The number of H-pyrrole nitrogens is 1. The zero-order chi connectivity index (χ0) is 12.8. The molecule has 0 fully saturated rings. The molecular formula is C13H14ClNO2. The summed E-state index contributed by atoms with van der Waals surface area (Å²) < 4.78 is 0. The van der Waals surface area contributed by atoms with Crippen molar-refractivity contribution in [3.63, 3.8) is 0 Å². The molecule has 0 saturated carbocycles. The van der Waals surface area contributed by atoms with Crippen LogP contribution in [0.4, 0.5) is 0 Å². The molecule has 0 atom stereocenters. The highest BCUT2D eigenvalue weighted by Crippen LogP contribution is 2.31. The van der Waals surface area contributed by atoms with E-state index >= 15 is 0 Å². The number of aromatic amines is 1. The molecule has 0 spiro atoms. The van der Waals surface area contributed by atoms with Crippen LogP contribution in [0.25, 0.3) is 10.9 Å². The number of halogens is 1. The van der Waals surface area contributed by atoms with Crippen molar-refractivity contribution < 1.29 is 9.90 Å². The van der Waals surface area contributed by atoms with Crippen LogP contribution in [-0.2, 0) is 5.41 Å². The number of rotatable bonds is 1. The zero-order valence-electron chi connectivity index (χ0n) is 9.97. The van der Waals surface area contributed by atoms with Gasteiger partial charge in [0, 0.05) is 10.9 Å². The van der Waals surface area contributed by atoms with Crippen molar-refractivity contribution in [3.05, 3.63) is 34.5 Å². The lowest BCUT2D eigenvalue weighted by molar-refractivity contribution is 0.0699. The van der Waals surface area contributed by atoms with Gasteiger partial charge in [0.15, 0.2) is 0 Å². The van der Waals surface area contributed by atoms with Crippen LogP contribution < -0.4 is 0 Å². The van der Waals surface area contributed by atoms with E-state index in [0.717, 1.165) is 11.1 Å². The summed E-state index contributed by atoms with van der Waals surface area (Å²) in [5.74, 6) is -1.01. The Morgan fingerprint density at radius 3 is 2.53 bits per heavy atom. The molecule has 3 nitrogen and oxygen atoms in total. The molecule has 1 aromatic heterocycles. The van der Waals surface area contributed by atoms with Gasteiger partial charge in [0.05, 0.1) is 0 Å². The minimum atomic E-state index is -1.01. The second kappa shape index (κ2) is 3.77. The third kappa shape index (κ3) is 2.03. The molecule has 2 rings (SSSR count). The first kappa shape index (κ1) is 12.0. The van der Waals surface area contributed by atoms with Crippen molar-refractivity contribution in [3.8, 4) is 0 Å². The molecule has 0 amide bonds. The van der Waals surface area contributed by atoms with Crippen molar-refractivity contribution in [1.29, 1.82) is 0 Å². The van der Waals surface area contributed by atoms with E-state index in [0.29, 0.717) is 5.39 Å². The normalized spacial score (nSPS) is 12.0. The van der Waals surface area contributed by atoms with Gasteiger partial charge >= 0.3 is 5.97 Å². The molecule has 4 heteroatoms. The number of carboxylic acids is 1. The van der Waals surface area contributed by atoms with Crippen LogP contribution in [-0.4, -0.2) is 16.1 Å². The van der Waals surface area contributed by atoms with E-state index in [4.69, 9.17) is 16.7 Å². The number of nitrogens with one attached hydrogen (secondary N) is 1. The fourth-order valence-corrected chi connectivity index (χ4v) is 2.12. The predicted octanol–water partition coefficient (Wildman–Crippen LogP) is 3.82. The highest BCUT2D eigenvalue weighted by Gasteiger charge is 2.19. The third-order valence-electron chi connectivity index (χ3n) is 2.83. The smallest absolute Gasteiger partial charge is 0.339 e. The minimum Gasteiger partial charge on any atom is -0.478 e. The zero-order valence-corrected chi connectivity index (χ0v) is 10.7. The van der Waals surface area contributed by atoms with Gasteiger partial charge < -0.3 is 10.1 Å². The second-order valence-corrected chi connectivity index (χ2v) is 5.51. The van der Waals surface area contributed by atoms with Crippen molar-refractivity contribution in [2.45, 2.75) is 26.2 Å². The van der Waals surface area contributed by atoms with Gasteiger partial charge in [-0.3, -0.25) is 0 Å². The summed E-state index contributed by atoms with van der Waals surface area (Å²) in [7, 11) is 0. The highest BCUT2D eigenvalue weighted by atomic mass is 35.5. The molecule has 1 heterocycles. The van der Waals surface area contributed by atoms with Crippen LogP contribution in [0.5, 0.6) is 0 Å². The van der Waals surface area contributed by atoms with Crippen LogP contribution in [0.15, 0.2) is 18.2 Å². The standard InChI is InChI=1S/C13H14ClNO2/c1-13(2,3)7-4-5-9-8(6-7)10(12(16)17)11(14)15-9/h4-6,15H,1-3H3,(H,16,17).